The summed E-state index contributed by atoms with van der Waals surface area (Å²) in [6.45, 7) is 5.43. The highest BCUT2D eigenvalue weighted by molar-refractivity contribution is 5.99. The van der Waals surface area contributed by atoms with Gasteiger partial charge in [0.1, 0.15) is 0 Å². The van der Waals surface area contributed by atoms with E-state index in [0.717, 1.165) is 0 Å². The van der Waals surface area contributed by atoms with Gasteiger partial charge in [0.25, 0.3) is 0 Å². The number of carbonyl (C=O) groups is 3. The molecule has 2 atom stereocenters. The molecule has 0 saturated carbocycles. The number of methoxy groups -OCH3 is 2. The third kappa shape index (κ3) is 5.27. The minimum Gasteiger partial charge on any atom is -0.465 e. The second-order valence-electron chi connectivity index (χ2n) is 6.28. The van der Waals surface area contributed by atoms with Crippen molar-refractivity contribution in [2.45, 2.75) is 26.1 Å². The molecule has 1 fully saturated rings. The van der Waals surface area contributed by atoms with Crippen LogP contribution in [0.3, 0.4) is 0 Å². The monoisotopic (exact) mass is 364 g/mol. The lowest BCUT2D eigenvalue weighted by atomic mass is 10.1. The summed E-state index contributed by atoms with van der Waals surface area (Å²) in [5.74, 6) is -1.46. The van der Waals surface area contributed by atoms with Gasteiger partial charge in [0.15, 0.2) is 0 Å². The van der Waals surface area contributed by atoms with Gasteiger partial charge in [-0.05, 0) is 32.0 Å². The normalized spacial score (nSPS) is 20.3. The van der Waals surface area contributed by atoms with Crippen molar-refractivity contribution in [3.05, 3.63) is 29.3 Å². The van der Waals surface area contributed by atoms with Gasteiger partial charge in [0, 0.05) is 18.8 Å². The zero-order valence-corrected chi connectivity index (χ0v) is 15.4. The number of nitrogens with zero attached hydrogens (tertiary/aromatic N) is 1. The fraction of sp³-hybridized carbons (Fsp3) is 0.500. The van der Waals surface area contributed by atoms with Gasteiger partial charge in [-0.15, -0.1) is 0 Å². The zero-order valence-electron chi connectivity index (χ0n) is 15.4. The Morgan fingerprint density at radius 3 is 2.00 bits per heavy atom. The number of esters is 2. The van der Waals surface area contributed by atoms with Crippen molar-refractivity contribution in [3.8, 4) is 0 Å². The average molecular weight is 364 g/mol. The van der Waals surface area contributed by atoms with E-state index < -0.39 is 11.9 Å². The molecule has 0 aromatic heterocycles. The van der Waals surface area contributed by atoms with Gasteiger partial charge in [0.05, 0.1) is 44.1 Å². The molecule has 2 unspecified atom stereocenters. The van der Waals surface area contributed by atoms with Crippen molar-refractivity contribution in [3.63, 3.8) is 0 Å². The maximum Gasteiger partial charge on any atom is 0.337 e. The molecule has 1 amide bonds. The third-order valence-corrected chi connectivity index (χ3v) is 3.92. The summed E-state index contributed by atoms with van der Waals surface area (Å²) in [7, 11) is 2.48. The van der Waals surface area contributed by atoms with Gasteiger partial charge in [0.2, 0.25) is 5.91 Å². The van der Waals surface area contributed by atoms with Crippen LogP contribution >= 0.6 is 0 Å². The summed E-state index contributed by atoms with van der Waals surface area (Å²) < 4.78 is 15.0. The fourth-order valence-corrected chi connectivity index (χ4v) is 2.99. The minimum atomic E-state index is -0.609. The molecule has 2 rings (SSSR count). The lowest BCUT2D eigenvalue weighted by Gasteiger charge is -2.34. The Bertz CT molecular complexity index is 646. The first-order valence-electron chi connectivity index (χ1n) is 8.31. The fourth-order valence-electron chi connectivity index (χ4n) is 2.99. The molecule has 142 valence electrons. The highest BCUT2D eigenvalue weighted by atomic mass is 16.5. The number of carbonyl (C=O) groups excluding carboxylic acids is 3. The maximum absolute atomic E-state index is 12.4. The SMILES string of the molecule is COC(=O)c1cc(NC(=O)CN2CC(C)OC(C)C2)cc(C(=O)OC)c1. The number of hydrogen-bond donors (Lipinski definition) is 1. The molecule has 8 heteroatoms. The van der Waals surface area contributed by atoms with Gasteiger partial charge < -0.3 is 19.5 Å². The summed E-state index contributed by atoms with van der Waals surface area (Å²) in [5, 5.41) is 2.72. The first-order chi connectivity index (χ1) is 12.3. The van der Waals surface area contributed by atoms with Gasteiger partial charge in [-0.25, -0.2) is 9.59 Å². The van der Waals surface area contributed by atoms with Gasteiger partial charge in [-0.2, -0.15) is 0 Å². The molecule has 0 radical (unpaired) electrons. The van der Waals surface area contributed by atoms with E-state index in [1.807, 2.05) is 18.7 Å². The lowest BCUT2D eigenvalue weighted by molar-refractivity contribution is -0.121. The Labute approximate surface area is 152 Å². The molecule has 1 aliphatic rings. The van der Waals surface area contributed by atoms with Crippen LogP contribution in [0, 0.1) is 0 Å². The van der Waals surface area contributed by atoms with Gasteiger partial charge in [-0.1, -0.05) is 0 Å². The number of rotatable bonds is 5. The number of nitrogens with one attached hydrogen (secondary N) is 1. The van der Waals surface area contributed by atoms with Crippen molar-refractivity contribution in [2.75, 3.05) is 39.2 Å². The van der Waals surface area contributed by atoms with Crippen LogP contribution in [0.15, 0.2) is 18.2 Å². The quantitative estimate of drug-likeness (QED) is 0.787. The average Bonchev–Trinajstić information content (AvgIpc) is 2.58. The van der Waals surface area contributed by atoms with Crippen LogP contribution in [-0.2, 0) is 19.0 Å². The highest BCUT2D eigenvalue weighted by Crippen LogP contribution is 2.17. The van der Waals surface area contributed by atoms with E-state index in [0.29, 0.717) is 18.8 Å². The van der Waals surface area contributed by atoms with Crippen LogP contribution < -0.4 is 5.32 Å². The Hall–Kier alpha value is -2.45. The van der Waals surface area contributed by atoms with Crippen LogP contribution in [0.4, 0.5) is 5.69 Å². The molecule has 0 bridgehead atoms. The summed E-state index contributed by atoms with van der Waals surface area (Å²) in [5.41, 5.74) is 0.631. The Balaban J connectivity index is 2.12. The Kier molecular flexibility index (Phi) is 6.70. The molecular weight excluding hydrogens is 340 g/mol. The first kappa shape index (κ1) is 19.9. The van der Waals surface area contributed by atoms with Gasteiger partial charge in [-0.3, -0.25) is 9.69 Å². The van der Waals surface area contributed by atoms with E-state index in [-0.39, 0.29) is 35.8 Å². The maximum atomic E-state index is 12.4. The van der Waals surface area contributed by atoms with Crippen molar-refractivity contribution < 1.29 is 28.6 Å². The molecule has 0 spiro atoms. The molecule has 1 aromatic carbocycles. The predicted molar refractivity (Wildman–Crippen MR) is 94.2 cm³/mol. The van der Waals surface area contributed by atoms with Crippen molar-refractivity contribution in [2.24, 2.45) is 0 Å². The molecule has 1 saturated heterocycles. The highest BCUT2D eigenvalue weighted by Gasteiger charge is 2.24. The van der Waals surface area contributed by atoms with Crippen LogP contribution in [0.25, 0.3) is 0 Å². The molecule has 8 nitrogen and oxygen atoms in total. The number of benzene rings is 1. The molecule has 1 N–H and O–H groups in total. The molecular formula is C18H24N2O6. The van der Waals surface area contributed by atoms with E-state index >= 15 is 0 Å². The van der Waals surface area contributed by atoms with E-state index in [2.05, 4.69) is 14.8 Å². The molecule has 1 heterocycles. The molecule has 1 aliphatic heterocycles. The lowest BCUT2D eigenvalue weighted by Crippen LogP contribution is -2.48. The second kappa shape index (κ2) is 8.77. The summed E-state index contributed by atoms with van der Waals surface area (Å²) >= 11 is 0. The predicted octanol–water partition coefficient (Wildman–Crippen LogP) is 1.31. The Morgan fingerprint density at radius 2 is 1.54 bits per heavy atom. The van der Waals surface area contributed by atoms with Crippen molar-refractivity contribution >= 4 is 23.5 Å². The minimum absolute atomic E-state index is 0.0557. The van der Waals surface area contributed by atoms with Crippen molar-refractivity contribution in [1.82, 2.24) is 4.90 Å². The number of anilines is 1. The van der Waals surface area contributed by atoms with Crippen LogP contribution in [0.1, 0.15) is 34.6 Å². The second-order valence-corrected chi connectivity index (χ2v) is 6.28. The first-order valence-corrected chi connectivity index (χ1v) is 8.31. The van der Waals surface area contributed by atoms with Gasteiger partial charge >= 0.3 is 11.9 Å². The Morgan fingerprint density at radius 1 is 1.04 bits per heavy atom. The number of morpholine rings is 1. The summed E-state index contributed by atoms with van der Waals surface area (Å²) in [6.07, 6.45) is 0.111. The van der Waals surface area contributed by atoms with Crippen molar-refractivity contribution in [1.29, 1.82) is 0 Å². The van der Waals surface area contributed by atoms with Crippen LogP contribution in [0.2, 0.25) is 0 Å². The standard InChI is InChI=1S/C18H24N2O6/c1-11-8-20(9-12(2)26-11)10-16(21)19-15-6-13(17(22)24-3)5-14(7-15)18(23)25-4/h5-7,11-12H,8-10H2,1-4H3,(H,19,21). The topological polar surface area (TPSA) is 94.2 Å². The molecule has 26 heavy (non-hydrogen) atoms. The van der Waals surface area contributed by atoms with E-state index in [4.69, 9.17) is 4.74 Å². The van der Waals surface area contributed by atoms with E-state index in [1.54, 1.807) is 0 Å². The molecule has 0 aliphatic carbocycles. The van der Waals surface area contributed by atoms with Crippen LogP contribution in [-0.4, -0.2) is 68.8 Å². The molecule has 1 aromatic rings. The number of ether oxygens (including phenoxy) is 3. The summed E-state index contributed by atoms with van der Waals surface area (Å²) in [6, 6.07) is 4.28. The largest absolute Gasteiger partial charge is 0.465 e. The zero-order chi connectivity index (χ0) is 19.3. The van der Waals surface area contributed by atoms with E-state index in [1.165, 1.54) is 32.4 Å². The number of amides is 1. The third-order valence-electron chi connectivity index (χ3n) is 3.92. The van der Waals surface area contributed by atoms with Crippen LogP contribution in [0.5, 0.6) is 0 Å². The van der Waals surface area contributed by atoms with E-state index in [9.17, 15) is 14.4 Å². The smallest absolute Gasteiger partial charge is 0.337 e. The summed E-state index contributed by atoms with van der Waals surface area (Å²) in [4.78, 5) is 38.0. The number of hydrogen-bond acceptors (Lipinski definition) is 7.